The molecule has 0 radical (unpaired) electrons. The first-order valence-corrected chi connectivity index (χ1v) is 5.78. The number of nitrogens with one attached hydrogen (secondary N) is 1. The minimum atomic E-state index is -1.50. The maximum atomic E-state index is 12.0. The molecule has 0 saturated carbocycles. The summed E-state index contributed by atoms with van der Waals surface area (Å²) in [4.78, 5) is 33.4. The number of ether oxygens (including phenoxy) is 1. The highest BCUT2D eigenvalue weighted by Crippen LogP contribution is 2.16. The van der Waals surface area contributed by atoms with Crippen LogP contribution in [-0.4, -0.2) is 41.2 Å². The Hall–Kier alpha value is -2.41. The summed E-state index contributed by atoms with van der Waals surface area (Å²) >= 11 is 0. The Bertz CT molecular complexity index is 487. The summed E-state index contributed by atoms with van der Waals surface area (Å²) in [6, 6.07) is 6.99. The average molecular weight is 281 g/mol. The second-order valence-electron chi connectivity index (χ2n) is 4.02. The third kappa shape index (κ3) is 4.36. The molecule has 0 fully saturated rings. The number of carbonyl (C=O) groups is 3. The van der Waals surface area contributed by atoms with Crippen LogP contribution in [0, 0.1) is 0 Å². The Labute approximate surface area is 115 Å². The van der Waals surface area contributed by atoms with E-state index in [1.807, 2.05) is 0 Å². The van der Waals surface area contributed by atoms with E-state index in [1.54, 1.807) is 30.3 Å². The topological polar surface area (TPSA) is 113 Å². The number of hydrogen-bond donors (Lipinski definition) is 3. The smallest absolute Gasteiger partial charge is 0.326 e. The quantitative estimate of drug-likeness (QED) is 0.667. The molecule has 1 aromatic rings. The van der Waals surface area contributed by atoms with Crippen molar-refractivity contribution in [3.8, 4) is 0 Å². The van der Waals surface area contributed by atoms with Gasteiger partial charge in [0, 0.05) is 7.11 Å². The molecule has 1 unspecified atom stereocenters. The summed E-state index contributed by atoms with van der Waals surface area (Å²) < 4.78 is 5.03. The van der Waals surface area contributed by atoms with Gasteiger partial charge in [-0.3, -0.25) is 9.59 Å². The maximum Gasteiger partial charge on any atom is 0.326 e. The molecule has 1 amide bonds. The van der Waals surface area contributed by atoms with Gasteiger partial charge in [-0.05, 0) is 5.56 Å². The summed E-state index contributed by atoms with van der Waals surface area (Å²) in [5.41, 5.74) is 0.548. The number of methoxy groups -OCH3 is 1. The predicted octanol–water partition coefficient (Wildman–Crippen LogP) is 0.418. The van der Waals surface area contributed by atoms with Crippen LogP contribution in [0.15, 0.2) is 30.3 Å². The third-order valence-electron chi connectivity index (χ3n) is 2.57. The van der Waals surface area contributed by atoms with E-state index in [2.05, 4.69) is 5.32 Å². The largest absolute Gasteiger partial charge is 0.481 e. The zero-order valence-electron chi connectivity index (χ0n) is 10.8. The van der Waals surface area contributed by atoms with Crippen molar-refractivity contribution in [2.24, 2.45) is 0 Å². The van der Waals surface area contributed by atoms with Gasteiger partial charge in [0.05, 0.1) is 6.42 Å². The number of benzene rings is 1. The van der Waals surface area contributed by atoms with Gasteiger partial charge in [0.2, 0.25) is 0 Å². The molecular formula is C13H15NO6. The number of hydrogen-bond acceptors (Lipinski definition) is 4. The maximum absolute atomic E-state index is 12.0. The van der Waals surface area contributed by atoms with E-state index < -0.39 is 36.4 Å². The Morgan fingerprint density at radius 2 is 1.80 bits per heavy atom. The highest BCUT2D eigenvalue weighted by atomic mass is 16.5. The molecule has 0 aliphatic carbocycles. The molecule has 2 atom stereocenters. The van der Waals surface area contributed by atoms with Crippen LogP contribution in [0.3, 0.4) is 0 Å². The Kier molecular flexibility index (Phi) is 5.67. The van der Waals surface area contributed by atoms with Crippen molar-refractivity contribution in [2.75, 3.05) is 7.11 Å². The lowest BCUT2D eigenvalue weighted by atomic mass is 10.1. The van der Waals surface area contributed by atoms with Gasteiger partial charge in [-0.2, -0.15) is 0 Å². The van der Waals surface area contributed by atoms with Gasteiger partial charge in [0.1, 0.15) is 6.04 Å². The third-order valence-corrected chi connectivity index (χ3v) is 2.57. The molecular weight excluding hydrogens is 266 g/mol. The van der Waals surface area contributed by atoms with Crippen LogP contribution in [0.4, 0.5) is 0 Å². The summed E-state index contributed by atoms with van der Waals surface area (Å²) in [5, 5.41) is 19.6. The van der Waals surface area contributed by atoms with E-state index in [0.717, 1.165) is 0 Å². The molecule has 1 aromatic carbocycles. The van der Waals surface area contributed by atoms with Crippen molar-refractivity contribution in [1.82, 2.24) is 5.32 Å². The second-order valence-corrected chi connectivity index (χ2v) is 4.02. The highest BCUT2D eigenvalue weighted by molar-refractivity contribution is 5.89. The number of amides is 1. The Morgan fingerprint density at radius 3 is 2.25 bits per heavy atom. The van der Waals surface area contributed by atoms with Crippen LogP contribution in [-0.2, 0) is 19.1 Å². The molecule has 0 aromatic heterocycles. The van der Waals surface area contributed by atoms with Gasteiger partial charge >= 0.3 is 11.9 Å². The molecule has 0 saturated heterocycles. The minimum absolute atomic E-state index is 0.548. The van der Waals surface area contributed by atoms with Crippen molar-refractivity contribution in [2.45, 2.75) is 18.6 Å². The number of carboxylic acids is 2. The van der Waals surface area contributed by atoms with Crippen LogP contribution in [0.25, 0.3) is 0 Å². The molecule has 7 nitrogen and oxygen atoms in total. The van der Waals surface area contributed by atoms with E-state index in [-0.39, 0.29) is 0 Å². The Balaban J connectivity index is 2.81. The van der Waals surface area contributed by atoms with E-state index in [0.29, 0.717) is 5.56 Å². The second kappa shape index (κ2) is 7.25. The summed E-state index contributed by atoms with van der Waals surface area (Å²) in [6.07, 6.45) is -1.70. The molecule has 3 N–H and O–H groups in total. The van der Waals surface area contributed by atoms with Gasteiger partial charge < -0.3 is 20.3 Å². The van der Waals surface area contributed by atoms with E-state index >= 15 is 0 Å². The van der Waals surface area contributed by atoms with Gasteiger partial charge in [-0.1, -0.05) is 30.3 Å². The highest BCUT2D eigenvalue weighted by Gasteiger charge is 2.27. The van der Waals surface area contributed by atoms with Crippen LogP contribution in [0.2, 0.25) is 0 Å². The normalized spacial score (nSPS) is 13.2. The lowest BCUT2D eigenvalue weighted by Gasteiger charge is -2.18. The fourth-order valence-corrected chi connectivity index (χ4v) is 1.64. The number of carbonyl (C=O) groups excluding carboxylic acids is 1. The summed E-state index contributed by atoms with van der Waals surface area (Å²) in [5.74, 6) is -3.43. The number of aliphatic carboxylic acids is 2. The number of rotatable bonds is 7. The molecule has 0 aliphatic rings. The molecule has 0 heterocycles. The van der Waals surface area contributed by atoms with Crippen LogP contribution in [0.1, 0.15) is 18.1 Å². The summed E-state index contributed by atoms with van der Waals surface area (Å²) in [6.45, 7) is 0. The van der Waals surface area contributed by atoms with Crippen LogP contribution in [0.5, 0.6) is 0 Å². The van der Waals surface area contributed by atoms with Gasteiger partial charge in [0.25, 0.3) is 5.91 Å². The average Bonchev–Trinajstić information content (AvgIpc) is 2.39. The molecule has 0 aliphatic heterocycles. The fraction of sp³-hybridized carbons (Fsp3) is 0.308. The SMILES string of the molecule is COC(C(=O)N[C@@H](CC(=O)O)C(=O)O)c1ccccc1. The van der Waals surface area contributed by atoms with Crippen molar-refractivity contribution >= 4 is 17.8 Å². The fourth-order valence-electron chi connectivity index (χ4n) is 1.64. The zero-order valence-corrected chi connectivity index (χ0v) is 10.8. The van der Waals surface area contributed by atoms with Crippen molar-refractivity contribution in [1.29, 1.82) is 0 Å². The van der Waals surface area contributed by atoms with Crippen molar-refractivity contribution in [3.63, 3.8) is 0 Å². The first-order valence-electron chi connectivity index (χ1n) is 5.78. The van der Waals surface area contributed by atoms with Crippen molar-refractivity contribution in [3.05, 3.63) is 35.9 Å². The van der Waals surface area contributed by atoms with Crippen molar-refractivity contribution < 1.29 is 29.3 Å². The molecule has 1 rings (SSSR count). The molecule has 108 valence electrons. The molecule has 20 heavy (non-hydrogen) atoms. The first-order chi connectivity index (χ1) is 9.45. The first kappa shape index (κ1) is 15.6. The van der Waals surface area contributed by atoms with Gasteiger partial charge in [0.15, 0.2) is 6.10 Å². The minimum Gasteiger partial charge on any atom is -0.481 e. The van der Waals surface area contributed by atoms with Crippen LogP contribution >= 0.6 is 0 Å². The number of carboxylic acid groups (broad SMARTS) is 2. The molecule has 7 heteroatoms. The lowest BCUT2D eigenvalue weighted by molar-refractivity contribution is -0.148. The molecule has 0 bridgehead atoms. The standard InChI is InChI=1S/C13H15NO6/c1-20-11(8-5-3-2-4-6-8)12(17)14-9(13(18)19)7-10(15)16/h2-6,9,11H,7H2,1H3,(H,14,17)(H,15,16)(H,18,19)/t9-,11?/m0/s1. The zero-order chi connectivity index (χ0) is 15.1. The van der Waals surface area contributed by atoms with Gasteiger partial charge in [-0.25, -0.2) is 4.79 Å². The Morgan fingerprint density at radius 1 is 1.20 bits per heavy atom. The van der Waals surface area contributed by atoms with Crippen LogP contribution < -0.4 is 5.32 Å². The molecule has 0 spiro atoms. The van der Waals surface area contributed by atoms with Gasteiger partial charge in [-0.15, -0.1) is 0 Å². The monoisotopic (exact) mass is 281 g/mol. The van der Waals surface area contributed by atoms with E-state index in [9.17, 15) is 14.4 Å². The van der Waals surface area contributed by atoms with E-state index in [4.69, 9.17) is 14.9 Å². The summed E-state index contributed by atoms with van der Waals surface area (Å²) in [7, 11) is 1.31. The van der Waals surface area contributed by atoms with E-state index in [1.165, 1.54) is 7.11 Å². The predicted molar refractivity (Wildman–Crippen MR) is 68.0 cm³/mol. The lowest BCUT2D eigenvalue weighted by Crippen LogP contribution is -2.44.